The van der Waals surface area contributed by atoms with Crippen LogP contribution in [0.3, 0.4) is 0 Å². The summed E-state index contributed by atoms with van der Waals surface area (Å²) in [6.07, 6.45) is 2.79. The minimum Gasteiger partial charge on any atom is -0.598 e. The molecule has 1 aliphatic carbocycles. The first-order valence-electron chi connectivity index (χ1n) is 11.5. The molecule has 0 bridgehead atoms. The summed E-state index contributed by atoms with van der Waals surface area (Å²) >= 11 is 0.298. The highest BCUT2D eigenvalue weighted by Gasteiger charge is 2.47. The van der Waals surface area contributed by atoms with Crippen LogP contribution in [0, 0.1) is 5.82 Å². The number of pyridine rings is 1. The third kappa shape index (κ3) is 4.62. The molecule has 4 nitrogen and oxygen atoms in total. The molecule has 7 heteroatoms. The quantitative estimate of drug-likeness (QED) is 0.313. The number of halogens is 1. The number of nitrogens with zero attached hydrogens (tertiary/aromatic N) is 2. The third-order valence-electron chi connectivity index (χ3n) is 6.29. The maximum Gasteiger partial charge on any atom is 0.144 e. The highest BCUT2D eigenvalue weighted by molar-refractivity contribution is 7.90. The molecule has 2 heterocycles. The zero-order chi connectivity index (χ0) is 23.9. The predicted molar refractivity (Wildman–Crippen MR) is 139 cm³/mol. The van der Waals surface area contributed by atoms with Crippen molar-refractivity contribution in [3.05, 3.63) is 83.3 Å². The van der Waals surface area contributed by atoms with E-state index in [4.69, 9.17) is 4.98 Å². The van der Waals surface area contributed by atoms with Gasteiger partial charge in [0.25, 0.3) is 0 Å². The van der Waals surface area contributed by atoms with Gasteiger partial charge in [-0.05, 0) is 75.4 Å². The number of fused-ring (bicyclic) bond motifs is 1. The van der Waals surface area contributed by atoms with Crippen LogP contribution in [0.5, 0.6) is 0 Å². The van der Waals surface area contributed by atoms with E-state index in [9.17, 15) is 4.55 Å². The fourth-order valence-electron chi connectivity index (χ4n) is 4.17. The molecule has 1 aliphatic rings. The van der Waals surface area contributed by atoms with Gasteiger partial charge in [0.05, 0.1) is 5.69 Å². The Kier molecular flexibility index (Phi) is 6.23. The van der Waals surface area contributed by atoms with E-state index in [1.165, 1.54) is 16.9 Å². The number of thiazole rings is 1. The van der Waals surface area contributed by atoms with Crippen LogP contribution in [0.15, 0.2) is 60.7 Å². The molecule has 34 heavy (non-hydrogen) atoms. The van der Waals surface area contributed by atoms with Crippen LogP contribution in [-0.4, -0.2) is 25.8 Å². The molecule has 0 saturated heterocycles. The zero-order valence-electron chi connectivity index (χ0n) is 19.6. The first-order chi connectivity index (χ1) is 16.3. The first kappa shape index (κ1) is 23.4. The molecule has 1 N–H and O–H groups in total. The Morgan fingerprint density at radius 1 is 1.06 bits per heavy atom. The van der Waals surface area contributed by atoms with Crippen molar-refractivity contribution in [2.75, 3.05) is 6.54 Å². The Labute approximate surface area is 207 Å². The molecule has 0 radical (unpaired) electrons. The summed E-state index contributed by atoms with van der Waals surface area (Å²) in [5.74, 6) is -0.295. The summed E-state index contributed by atoms with van der Waals surface area (Å²) in [7, 11) is 0. The van der Waals surface area contributed by atoms with Crippen LogP contribution in [0.2, 0.25) is 0 Å². The van der Waals surface area contributed by atoms with E-state index in [-0.39, 0.29) is 16.0 Å². The predicted octanol–water partition coefficient (Wildman–Crippen LogP) is 6.17. The lowest BCUT2D eigenvalue weighted by atomic mass is 9.92. The minimum atomic E-state index is -1.14. The highest BCUT2D eigenvalue weighted by Crippen LogP contribution is 2.53. The van der Waals surface area contributed by atoms with Gasteiger partial charge >= 0.3 is 0 Å². The summed E-state index contributed by atoms with van der Waals surface area (Å²) in [6, 6.07) is 19.9. The fourth-order valence-corrected chi connectivity index (χ4v) is 5.85. The van der Waals surface area contributed by atoms with Crippen LogP contribution in [-0.2, 0) is 23.2 Å². The summed E-state index contributed by atoms with van der Waals surface area (Å²) < 4.78 is 29.8. The van der Waals surface area contributed by atoms with E-state index in [1.807, 2.05) is 39.0 Å². The molecule has 1 fully saturated rings. The van der Waals surface area contributed by atoms with Crippen molar-refractivity contribution in [1.82, 2.24) is 14.7 Å². The molecular formula is C27H28FN3OS2. The first-order valence-corrected chi connectivity index (χ1v) is 13.5. The molecule has 2 aromatic carbocycles. The topological polar surface area (TPSA) is 60.9 Å². The van der Waals surface area contributed by atoms with E-state index in [0.29, 0.717) is 23.5 Å². The Morgan fingerprint density at radius 2 is 1.82 bits per heavy atom. The maximum atomic E-state index is 15.0. The molecule has 5 rings (SSSR count). The van der Waals surface area contributed by atoms with E-state index >= 15 is 4.39 Å². The molecule has 1 saturated carbocycles. The van der Waals surface area contributed by atoms with Crippen molar-refractivity contribution in [1.29, 1.82) is 0 Å². The number of hydrogen-bond donors (Lipinski definition) is 1. The Bertz CT molecular complexity index is 1310. The van der Waals surface area contributed by atoms with E-state index in [1.54, 1.807) is 12.1 Å². The second-order valence-electron chi connectivity index (χ2n) is 9.83. The van der Waals surface area contributed by atoms with Gasteiger partial charge in [0.15, 0.2) is 0 Å². The zero-order valence-corrected chi connectivity index (χ0v) is 21.2. The second-order valence-corrected chi connectivity index (χ2v) is 12.9. The van der Waals surface area contributed by atoms with Crippen molar-refractivity contribution >= 4 is 33.0 Å². The van der Waals surface area contributed by atoms with Gasteiger partial charge in [-0.25, -0.2) is 14.4 Å². The lowest BCUT2D eigenvalue weighted by molar-refractivity contribution is 0.544. The van der Waals surface area contributed by atoms with Gasteiger partial charge in [0.1, 0.15) is 25.9 Å². The second kappa shape index (κ2) is 9.04. The van der Waals surface area contributed by atoms with E-state index in [2.05, 4.69) is 40.0 Å². The third-order valence-corrected chi connectivity index (χ3v) is 8.87. The maximum absolute atomic E-state index is 15.0. The number of aromatic nitrogens is 2. The van der Waals surface area contributed by atoms with Crippen LogP contribution in [0.25, 0.3) is 20.9 Å². The van der Waals surface area contributed by atoms with Gasteiger partial charge in [0, 0.05) is 28.9 Å². The van der Waals surface area contributed by atoms with Crippen molar-refractivity contribution in [2.45, 2.75) is 50.2 Å². The monoisotopic (exact) mass is 493 g/mol. The molecule has 0 aliphatic heterocycles. The number of benzene rings is 2. The van der Waals surface area contributed by atoms with Gasteiger partial charge < -0.3 is 4.55 Å². The Hall–Kier alpha value is -2.32. The lowest BCUT2D eigenvalue weighted by Gasteiger charge is -2.23. The molecule has 176 valence electrons. The largest absolute Gasteiger partial charge is 0.598 e. The summed E-state index contributed by atoms with van der Waals surface area (Å²) in [4.78, 5) is 10.5. The molecule has 4 aromatic rings. The molecule has 0 amide bonds. The molecular weight excluding hydrogens is 465 g/mol. The Balaban J connectivity index is 1.34. The fraction of sp³-hybridized carbons (Fsp3) is 0.333. The van der Waals surface area contributed by atoms with Crippen molar-refractivity contribution in [2.24, 2.45) is 0 Å². The van der Waals surface area contributed by atoms with Crippen LogP contribution >= 0.6 is 11.3 Å². The smallest absolute Gasteiger partial charge is 0.144 e. The van der Waals surface area contributed by atoms with E-state index < -0.39 is 11.4 Å². The van der Waals surface area contributed by atoms with Gasteiger partial charge in [-0.2, -0.15) is 0 Å². The molecule has 0 unspecified atom stereocenters. The van der Waals surface area contributed by atoms with Crippen molar-refractivity contribution in [3.63, 3.8) is 0 Å². The summed E-state index contributed by atoms with van der Waals surface area (Å²) in [5, 5.41) is 0.639. The standard InChI is InChI=1S/C27H28FN3OS2/c1-26(2,3)34(32)29-16-13-18-9-10-20(21(28)17-18)24-30-22-11-12-23(31-25(22)33-24)27(14-15-27)19-7-5-4-6-8-19/h4-12,17,29H,13-16H2,1-3H3/t34-/m0/s1. The minimum absolute atomic E-state index is 0.00278. The van der Waals surface area contributed by atoms with Crippen molar-refractivity contribution < 1.29 is 8.94 Å². The molecule has 1 atom stereocenters. The van der Waals surface area contributed by atoms with Gasteiger partial charge in [-0.1, -0.05) is 47.7 Å². The van der Waals surface area contributed by atoms with Gasteiger partial charge in [0.2, 0.25) is 0 Å². The van der Waals surface area contributed by atoms with Gasteiger partial charge in [-0.3, -0.25) is 0 Å². The number of rotatable bonds is 7. The number of hydrogen-bond acceptors (Lipinski definition) is 5. The van der Waals surface area contributed by atoms with Crippen LogP contribution in [0.4, 0.5) is 4.39 Å². The average molecular weight is 494 g/mol. The van der Waals surface area contributed by atoms with Gasteiger partial charge in [-0.15, -0.1) is 4.72 Å². The van der Waals surface area contributed by atoms with Crippen LogP contribution in [0.1, 0.15) is 50.4 Å². The highest BCUT2D eigenvalue weighted by atomic mass is 32.2. The lowest BCUT2D eigenvalue weighted by Crippen LogP contribution is -2.40. The van der Waals surface area contributed by atoms with E-state index in [0.717, 1.165) is 34.4 Å². The summed E-state index contributed by atoms with van der Waals surface area (Å²) in [5.41, 5.74) is 4.51. The van der Waals surface area contributed by atoms with Crippen molar-refractivity contribution in [3.8, 4) is 10.6 Å². The molecule has 0 spiro atoms. The summed E-state index contributed by atoms with van der Waals surface area (Å²) in [6.45, 7) is 6.30. The Morgan fingerprint density at radius 3 is 2.50 bits per heavy atom. The number of nitrogens with one attached hydrogen (secondary N) is 1. The molecule has 2 aromatic heterocycles. The average Bonchev–Trinajstić information content (AvgIpc) is 3.52. The SMILES string of the molecule is CC(C)(C)[S@+]([O-])NCCc1ccc(-c2nc3ccc(C4(c5ccccc5)CC4)nc3s2)c(F)c1. The normalized spacial score (nSPS) is 16.0. The van der Waals surface area contributed by atoms with Crippen LogP contribution < -0.4 is 4.72 Å².